The van der Waals surface area contributed by atoms with Gasteiger partial charge in [0.05, 0.1) is 19.2 Å². The lowest BCUT2D eigenvalue weighted by Crippen LogP contribution is -2.14. The van der Waals surface area contributed by atoms with E-state index in [2.05, 4.69) is 15.0 Å². The molecular formula is C21H17F2N3O3S. The number of aromatic nitrogens is 2. The largest absolute Gasteiger partial charge is 0.497 e. The number of amides is 1. The average Bonchev–Trinajstić information content (AvgIpc) is 3.30. The maximum Gasteiger partial charge on any atom is 0.387 e. The molecule has 0 spiro atoms. The second-order valence-corrected chi connectivity index (χ2v) is 7.24. The number of nitrogens with zero attached hydrogens (tertiary/aromatic N) is 2. The molecule has 9 heteroatoms. The van der Waals surface area contributed by atoms with E-state index in [-0.39, 0.29) is 18.1 Å². The monoisotopic (exact) mass is 429 g/mol. The molecule has 0 saturated heterocycles. The molecule has 0 atom stereocenters. The molecule has 2 heterocycles. The number of hydrogen-bond donors (Lipinski definition) is 1. The maximum atomic E-state index is 12.8. The van der Waals surface area contributed by atoms with Crippen LogP contribution in [0.5, 0.6) is 11.5 Å². The molecular weight excluding hydrogens is 412 g/mol. The van der Waals surface area contributed by atoms with Gasteiger partial charge in [-0.15, -0.1) is 11.3 Å². The number of rotatable bonds is 7. The standard InChI is InChI=1S/C21H17F2N3O3S/c1-28-16-5-2-13(3-6-16)17-10-14(4-7-18(17)29-20(22)23)24-19(27)11-15-12-26-8-9-30-21(26)25-15/h2-10,12,20H,11H2,1H3,(H,24,27). The van der Waals surface area contributed by atoms with Gasteiger partial charge >= 0.3 is 6.61 Å². The number of thiazole rings is 1. The molecule has 0 saturated carbocycles. The van der Waals surface area contributed by atoms with Gasteiger partial charge in [-0.05, 0) is 35.9 Å². The van der Waals surface area contributed by atoms with Gasteiger partial charge in [-0.25, -0.2) is 4.98 Å². The normalized spacial score (nSPS) is 11.1. The van der Waals surface area contributed by atoms with Gasteiger partial charge in [0.2, 0.25) is 5.91 Å². The second-order valence-electron chi connectivity index (χ2n) is 6.37. The molecule has 4 aromatic rings. The Morgan fingerprint density at radius 1 is 1.23 bits per heavy atom. The Hall–Kier alpha value is -3.46. The van der Waals surface area contributed by atoms with Crippen LogP contribution in [0.3, 0.4) is 0 Å². The molecule has 0 bridgehead atoms. The van der Waals surface area contributed by atoms with Crippen LogP contribution in [-0.2, 0) is 11.2 Å². The highest BCUT2D eigenvalue weighted by Crippen LogP contribution is 2.34. The Kier molecular flexibility index (Phi) is 5.62. The topological polar surface area (TPSA) is 64.9 Å². The van der Waals surface area contributed by atoms with E-state index in [1.165, 1.54) is 23.5 Å². The predicted molar refractivity (Wildman–Crippen MR) is 110 cm³/mol. The molecule has 0 aliphatic carbocycles. The molecule has 4 rings (SSSR count). The van der Waals surface area contributed by atoms with Gasteiger partial charge in [-0.3, -0.25) is 9.20 Å². The zero-order chi connectivity index (χ0) is 21.1. The fraction of sp³-hybridized carbons (Fsp3) is 0.143. The number of anilines is 1. The number of carbonyl (C=O) groups excluding carboxylic acids is 1. The van der Waals surface area contributed by atoms with E-state index in [0.29, 0.717) is 28.3 Å². The smallest absolute Gasteiger partial charge is 0.387 e. The van der Waals surface area contributed by atoms with Crippen LogP contribution < -0.4 is 14.8 Å². The van der Waals surface area contributed by atoms with Gasteiger partial charge in [0, 0.05) is 29.0 Å². The van der Waals surface area contributed by atoms with Crippen LogP contribution in [0.4, 0.5) is 14.5 Å². The number of hydrogen-bond acceptors (Lipinski definition) is 5. The summed E-state index contributed by atoms with van der Waals surface area (Å²) < 4.78 is 37.3. The summed E-state index contributed by atoms with van der Waals surface area (Å²) in [5.74, 6) is 0.394. The van der Waals surface area contributed by atoms with E-state index in [1.807, 2.05) is 16.0 Å². The second kappa shape index (κ2) is 8.50. The van der Waals surface area contributed by atoms with Crippen molar-refractivity contribution in [1.82, 2.24) is 9.38 Å². The van der Waals surface area contributed by atoms with Crippen molar-refractivity contribution in [3.63, 3.8) is 0 Å². The van der Waals surface area contributed by atoms with Crippen molar-refractivity contribution < 1.29 is 23.0 Å². The van der Waals surface area contributed by atoms with E-state index < -0.39 is 6.61 Å². The van der Waals surface area contributed by atoms with Gasteiger partial charge in [0.25, 0.3) is 0 Å². The molecule has 0 aliphatic rings. The number of fused-ring (bicyclic) bond motifs is 1. The van der Waals surface area contributed by atoms with Crippen molar-refractivity contribution in [1.29, 1.82) is 0 Å². The zero-order valence-corrected chi connectivity index (χ0v) is 16.7. The van der Waals surface area contributed by atoms with E-state index in [9.17, 15) is 13.6 Å². The summed E-state index contributed by atoms with van der Waals surface area (Å²) >= 11 is 1.48. The first kappa shape index (κ1) is 19.8. The van der Waals surface area contributed by atoms with Crippen LogP contribution in [-0.4, -0.2) is 29.0 Å². The molecule has 0 aliphatic heterocycles. The number of ether oxygens (including phenoxy) is 2. The van der Waals surface area contributed by atoms with E-state index in [0.717, 1.165) is 4.96 Å². The van der Waals surface area contributed by atoms with Gasteiger partial charge in [0.15, 0.2) is 4.96 Å². The first-order chi connectivity index (χ1) is 14.5. The number of methoxy groups -OCH3 is 1. The van der Waals surface area contributed by atoms with Gasteiger partial charge < -0.3 is 14.8 Å². The van der Waals surface area contributed by atoms with Crippen molar-refractivity contribution in [2.75, 3.05) is 12.4 Å². The van der Waals surface area contributed by atoms with Crippen LogP contribution in [0.15, 0.2) is 60.2 Å². The highest BCUT2D eigenvalue weighted by atomic mass is 32.1. The average molecular weight is 429 g/mol. The molecule has 2 aromatic carbocycles. The van der Waals surface area contributed by atoms with Crippen molar-refractivity contribution in [2.24, 2.45) is 0 Å². The number of alkyl halides is 2. The summed E-state index contributed by atoms with van der Waals surface area (Å²) in [6, 6.07) is 11.4. The third kappa shape index (κ3) is 4.41. The summed E-state index contributed by atoms with van der Waals surface area (Å²) in [6.07, 6.45) is 3.77. The van der Waals surface area contributed by atoms with E-state index in [4.69, 9.17) is 4.74 Å². The Morgan fingerprint density at radius 3 is 2.73 bits per heavy atom. The van der Waals surface area contributed by atoms with Crippen molar-refractivity contribution >= 4 is 27.9 Å². The van der Waals surface area contributed by atoms with Crippen LogP contribution >= 0.6 is 11.3 Å². The van der Waals surface area contributed by atoms with E-state index in [1.54, 1.807) is 43.6 Å². The minimum atomic E-state index is -2.96. The highest BCUT2D eigenvalue weighted by molar-refractivity contribution is 7.15. The maximum absolute atomic E-state index is 12.8. The van der Waals surface area contributed by atoms with Crippen LogP contribution in [0, 0.1) is 0 Å². The predicted octanol–water partition coefficient (Wildman–Crippen LogP) is 4.85. The number of imidazole rings is 1. The Bertz CT molecular complexity index is 1140. The summed E-state index contributed by atoms with van der Waals surface area (Å²) in [7, 11) is 1.54. The quantitative estimate of drug-likeness (QED) is 0.456. The van der Waals surface area contributed by atoms with Crippen molar-refractivity contribution in [3.05, 3.63) is 65.9 Å². The molecule has 154 valence electrons. The first-order valence-corrected chi connectivity index (χ1v) is 9.84. The lowest BCUT2D eigenvalue weighted by atomic mass is 10.0. The molecule has 1 N–H and O–H groups in total. The molecule has 30 heavy (non-hydrogen) atoms. The number of halogens is 2. The zero-order valence-electron chi connectivity index (χ0n) is 15.8. The molecule has 0 unspecified atom stereocenters. The minimum Gasteiger partial charge on any atom is -0.497 e. The number of carbonyl (C=O) groups is 1. The van der Waals surface area contributed by atoms with Crippen molar-refractivity contribution in [2.45, 2.75) is 13.0 Å². The first-order valence-electron chi connectivity index (χ1n) is 8.96. The number of nitrogens with one attached hydrogen (secondary N) is 1. The molecule has 1 amide bonds. The van der Waals surface area contributed by atoms with Gasteiger partial charge in [-0.1, -0.05) is 12.1 Å². The summed E-state index contributed by atoms with van der Waals surface area (Å²) in [5.41, 5.74) is 2.19. The molecule has 2 aromatic heterocycles. The minimum absolute atomic E-state index is 0.0162. The summed E-state index contributed by atoms with van der Waals surface area (Å²) in [6.45, 7) is -2.96. The van der Waals surface area contributed by atoms with Crippen LogP contribution in [0.25, 0.3) is 16.1 Å². The van der Waals surface area contributed by atoms with Crippen LogP contribution in [0.1, 0.15) is 5.69 Å². The van der Waals surface area contributed by atoms with E-state index >= 15 is 0 Å². The molecule has 6 nitrogen and oxygen atoms in total. The number of benzene rings is 2. The lowest BCUT2D eigenvalue weighted by molar-refractivity contribution is -0.115. The third-order valence-corrected chi connectivity index (χ3v) is 5.14. The highest BCUT2D eigenvalue weighted by Gasteiger charge is 2.14. The fourth-order valence-corrected chi connectivity index (χ4v) is 3.75. The molecule has 0 radical (unpaired) electrons. The summed E-state index contributed by atoms with van der Waals surface area (Å²) in [5, 5.41) is 4.70. The van der Waals surface area contributed by atoms with Gasteiger partial charge in [-0.2, -0.15) is 8.78 Å². The summed E-state index contributed by atoms with van der Waals surface area (Å²) in [4.78, 5) is 17.7. The van der Waals surface area contributed by atoms with Gasteiger partial charge in [0.1, 0.15) is 11.5 Å². The fourth-order valence-electron chi connectivity index (χ4n) is 3.03. The Morgan fingerprint density at radius 2 is 2.03 bits per heavy atom. The Balaban J connectivity index is 1.56. The molecule has 0 fully saturated rings. The SMILES string of the molecule is COc1ccc(-c2cc(NC(=O)Cc3cn4ccsc4n3)ccc2OC(F)F)cc1. The van der Waals surface area contributed by atoms with Crippen molar-refractivity contribution in [3.8, 4) is 22.6 Å². The van der Waals surface area contributed by atoms with Crippen LogP contribution in [0.2, 0.25) is 0 Å². The lowest BCUT2D eigenvalue weighted by Gasteiger charge is -2.14. The Labute approximate surface area is 174 Å². The third-order valence-electron chi connectivity index (χ3n) is 4.37.